The second-order valence-electron chi connectivity index (χ2n) is 9.23. The molecule has 38 heavy (non-hydrogen) atoms. The van der Waals surface area contributed by atoms with Crippen LogP contribution in [0, 0.1) is 0 Å². The fourth-order valence-corrected chi connectivity index (χ4v) is 4.86. The van der Waals surface area contributed by atoms with Crippen molar-refractivity contribution in [3.8, 4) is 5.69 Å². The Labute approximate surface area is 222 Å². The number of para-hydroxylation sites is 2. The Kier molecular flexibility index (Phi) is 6.25. The molecule has 1 heterocycles. The Hall–Kier alpha value is -5.02. The van der Waals surface area contributed by atoms with Crippen molar-refractivity contribution in [2.24, 2.45) is 9.98 Å². The maximum absolute atomic E-state index is 4.96. The second kappa shape index (κ2) is 10.2. The van der Waals surface area contributed by atoms with E-state index in [1.165, 1.54) is 21.8 Å². The van der Waals surface area contributed by atoms with Crippen molar-refractivity contribution in [2.45, 2.75) is 6.92 Å². The highest BCUT2D eigenvalue weighted by molar-refractivity contribution is 6.13. The van der Waals surface area contributed by atoms with Crippen molar-refractivity contribution in [2.75, 3.05) is 0 Å². The van der Waals surface area contributed by atoms with Crippen molar-refractivity contribution < 1.29 is 0 Å². The third kappa shape index (κ3) is 4.46. The first-order valence-electron chi connectivity index (χ1n) is 12.7. The molecular weight excluding hydrogens is 462 g/mol. The molecule has 0 aliphatic rings. The highest BCUT2D eigenvalue weighted by Gasteiger charge is 2.12. The summed E-state index contributed by atoms with van der Waals surface area (Å²) in [6, 6.07) is 45.7. The lowest BCUT2D eigenvalue weighted by atomic mass is 10.1. The van der Waals surface area contributed by atoms with Crippen LogP contribution in [0.3, 0.4) is 0 Å². The monoisotopic (exact) mass is 489 g/mol. The molecule has 1 aromatic heterocycles. The molecule has 0 atom stereocenters. The number of benzene rings is 5. The Morgan fingerprint density at radius 2 is 1.08 bits per heavy atom. The van der Waals surface area contributed by atoms with E-state index in [1.807, 2.05) is 55.5 Å². The molecule has 0 saturated carbocycles. The zero-order valence-electron chi connectivity index (χ0n) is 21.3. The number of nitrogens with zero attached hydrogens (tertiary/aromatic N) is 3. The third-order valence-electron chi connectivity index (χ3n) is 6.76. The first-order chi connectivity index (χ1) is 18.7. The molecule has 182 valence electrons. The summed E-state index contributed by atoms with van der Waals surface area (Å²) in [5.41, 5.74) is 7.95. The van der Waals surface area contributed by atoms with Gasteiger partial charge in [0.1, 0.15) is 0 Å². The van der Waals surface area contributed by atoms with E-state index in [0.717, 1.165) is 28.1 Å². The fourth-order valence-electron chi connectivity index (χ4n) is 4.86. The second-order valence-corrected chi connectivity index (χ2v) is 9.23. The van der Waals surface area contributed by atoms with Crippen LogP contribution in [0.1, 0.15) is 23.6 Å². The van der Waals surface area contributed by atoms with E-state index in [9.17, 15) is 0 Å². The molecule has 0 aliphatic heterocycles. The van der Waals surface area contributed by atoms with Gasteiger partial charge >= 0.3 is 0 Å². The summed E-state index contributed by atoms with van der Waals surface area (Å²) < 4.78 is 2.31. The number of hydrogen-bond donors (Lipinski definition) is 0. The molecule has 0 fully saturated rings. The van der Waals surface area contributed by atoms with Crippen molar-refractivity contribution in [3.05, 3.63) is 157 Å². The standard InChI is InChI=1S/C35H27N3/c1-25(27-14-5-3-6-15-27)36-35(28-16-7-4-8-17-28)37-26(2)29-18-13-19-30(24-29)38-33-22-11-9-20-31(33)32-21-10-12-23-34(32)38/h3-24H,2H2,1H3. The number of aromatic nitrogens is 1. The van der Waals surface area contributed by atoms with Crippen LogP contribution in [0.2, 0.25) is 0 Å². The highest BCUT2D eigenvalue weighted by Crippen LogP contribution is 2.32. The molecule has 3 heteroatoms. The largest absolute Gasteiger partial charge is 0.309 e. The molecule has 0 saturated heterocycles. The Bertz CT molecular complexity index is 1770. The topological polar surface area (TPSA) is 29.6 Å². The summed E-state index contributed by atoms with van der Waals surface area (Å²) in [4.78, 5) is 9.89. The zero-order valence-corrected chi connectivity index (χ0v) is 21.3. The number of aliphatic imine (C=N–C) groups is 2. The molecular formula is C35H27N3. The molecule has 0 N–H and O–H groups in total. The Morgan fingerprint density at radius 1 is 0.553 bits per heavy atom. The van der Waals surface area contributed by atoms with Crippen LogP contribution in [0.15, 0.2) is 150 Å². The van der Waals surface area contributed by atoms with Crippen molar-refractivity contribution >= 4 is 39.1 Å². The van der Waals surface area contributed by atoms with Crippen LogP contribution < -0.4 is 0 Å². The van der Waals surface area contributed by atoms with Crippen LogP contribution >= 0.6 is 0 Å². The molecule has 0 radical (unpaired) electrons. The summed E-state index contributed by atoms with van der Waals surface area (Å²) in [6.07, 6.45) is 0. The maximum Gasteiger partial charge on any atom is 0.160 e. The van der Waals surface area contributed by atoms with Gasteiger partial charge in [-0.1, -0.05) is 116 Å². The average Bonchev–Trinajstić information content (AvgIpc) is 3.32. The zero-order chi connectivity index (χ0) is 25.9. The van der Waals surface area contributed by atoms with Gasteiger partial charge in [0.25, 0.3) is 0 Å². The Balaban J connectivity index is 1.44. The van der Waals surface area contributed by atoms with Gasteiger partial charge in [0.15, 0.2) is 5.84 Å². The van der Waals surface area contributed by atoms with Gasteiger partial charge in [-0.05, 0) is 36.8 Å². The molecule has 5 aromatic carbocycles. The summed E-state index contributed by atoms with van der Waals surface area (Å²) >= 11 is 0. The quantitative estimate of drug-likeness (QED) is 0.171. The predicted octanol–water partition coefficient (Wildman–Crippen LogP) is 8.71. The van der Waals surface area contributed by atoms with Crippen LogP contribution in [-0.2, 0) is 0 Å². The minimum absolute atomic E-state index is 0.638. The molecule has 3 nitrogen and oxygen atoms in total. The smallest absolute Gasteiger partial charge is 0.160 e. The molecule has 0 spiro atoms. The molecule has 6 rings (SSSR count). The lowest BCUT2D eigenvalue weighted by molar-refractivity contribution is 1.18. The molecule has 0 bridgehead atoms. The number of rotatable bonds is 5. The molecule has 0 unspecified atom stereocenters. The van der Waals surface area contributed by atoms with E-state index in [-0.39, 0.29) is 0 Å². The summed E-state index contributed by atoms with van der Waals surface area (Å²) in [5.74, 6) is 0.638. The lowest BCUT2D eigenvalue weighted by Gasteiger charge is -2.11. The van der Waals surface area contributed by atoms with Gasteiger partial charge in [-0.25, -0.2) is 9.98 Å². The van der Waals surface area contributed by atoms with E-state index in [4.69, 9.17) is 9.98 Å². The van der Waals surface area contributed by atoms with Gasteiger partial charge in [0, 0.05) is 33.3 Å². The highest BCUT2D eigenvalue weighted by atomic mass is 15.0. The summed E-state index contributed by atoms with van der Waals surface area (Å²) in [5, 5.41) is 2.48. The van der Waals surface area contributed by atoms with Gasteiger partial charge in [-0.2, -0.15) is 0 Å². The Morgan fingerprint density at radius 3 is 1.71 bits per heavy atom. The van der Waals surface area contributed by atoms with Crippen LogP contribution in [0.5, 0.6) is 0 Å². The summed E-state index contributed by atoms with van der Waals surface area (Å²) in [6.45, 7) is 6.36. The van der Waals surface area contributed by atoms with Crippen molar-refractivity contribution in [1.29, 1.82) is 0 Å². The van der Waals surface area contributed by atoms with Gasteiger partial charge in [-0.15, -0.1) is 0 Å². The summed E-state index contributed by atoms with van der Waals surface area (Å²) in [7, 11) is 0. The number of fused-ring (bicyclic) bond motifs is 3. The van der Waals surface area contributed by atoms with E-state index in [2.05, 4.69) is 96.1 Å². The maximum atomic E-state index is 4.96. The molecule has 6 aromatic rings. The molecule has 0 amide bonds. The SMILES string of the molecule is C=C(N=C(N=C(C)c1ccccc1)c1ccccc1)c1cccc(-n2c3ccccc3c3ccccc32)c1. The van der Waals surface area contributed by atoms with Gasteiger partial charge < -0.3 is 4.57 Å². The van der Waals surface area contributed by atoms with Crippen LogP contribution in [0.4, 0.5) is 0 Å². The normalized spacial score (nSPS) is 12.2. The van der Waals surface area contributed by atoms with Crippen molar-refractivity contribution in [1.82, 2.24) is 4.57 Å². The average molecular weight is 490 g/mol. The van der Waals surface area contributed by atoms with Crippen molar-refractivity contribution in [3.63, 3.8) is 0 Å². The van der Waals surface area contributed by atoms with Gasteiger partial charge in [0.2, 0.25) is 0 Å². The first-order valence-corrected chi connectivity index (χ1v) is 12.7. The van der Waals surface area contributed by atoms with Crippen LogP contribution in [-0.4, -0.2) is 16.1 Å². The lowest BCUT2D eigenvalue weighted by Crippen LogP contribution is -2.04. The van der Waals surface area contributed by atoms with E-state index in [0.29, 0.717) is 11.5 Å². The van der Waals surface area contributed by atoms with Gasteiger partial charge in [-0.3, -0.25) is 0 Å². The minimum Gasteiger partial charge on any atom is -0.309 e. The first kappa shape index (κ1) is 23.4. The fraction of sp³-hybridized carbons (Fsp3) is 0.0286. The number of amidine groups is 1. The van der Waals surface area contributed by atoms with E-state index in [1.54, 1.807) is 0 Å². The predicted molar refractivity (Wildman–Crippen MR) is 161 cm³/mol. The minimum atomic E-state index is 0.638. The number of hydrogen-bond acceptors (Lipinski definition) is 1. The van der Waals surface area contributed by atoms with Gasteiger partial charge in [0.05, 0.1) is 16.7 Å². The molecule has 0 aliphatic carbocycles. The van der Waals surface area contributed by atoms with E-state index >= 15 is 0 Å². The van der Waals surface area contributed by atoms with E-state index < -0.39 is 0 Å². The third-order valence-corrected chi connectivity index (χ3v) is 6.76. The van der Waals surface area contributed by atoms with Crippen LogP contribution in [0.25, 0.3) is 33.2 Å².